The zero-order valence-corrected chi connectivity index (χ0v) is 15.1. The van der Waals surface area contributed by atoms with Gasteiger partial charge >= 0.3 is 0 Å². The highest BCUT2D eigenvalue weighted by Crippen LogP contribution is 2.13. The molecule has 3 rings (SSSR count). The lowest BCUT2D eigenvalue weighted by Gasteiger charge is -2.26. The van der Waals surface area contributed by atoms with Gasteiger partial charge in [-0.25, -0.2) is 9.67 Å². The van der Waals surface area contributed by atoms with E-state index in [1.54, 1.807) is 7.05 Å². The topological polar surface area (TPSA) is 76.4 Å². The van der Waals surface area contributed by atoms with Gasteiger partial charge in [-0.2, -0.15) is 5.10 Å². The van der Waals surface area contributed by atoms with Crippen LogP contribution in [-0.2, 0) is 13.0 Å². The molecule has 1 aliphatic rings. The van der Waals surface area contributed by atoms with Gasteiger partial charge in [-0.15, -0.1) is 0 Å². The Labute approximate surface area is 148 Å². The minimum Gasteiger partial charge on any atom is -0.489 e. The largest absolute Gasteiger partial charge is 0.489 e. The third-order valence-electron chi connectivity index (χ3n) is 4.17. The molecule has 2 unspecified atom stereocenters. The summed E-state index contributed by atoms with van der Waals surface area (Å²) in [6.07, 6.45) is 2.00. The van der Waals surface area contributed by atoms with Crippen LogP contribution in [0.4, 0.5) is 0 Å². The number of nitrogens with one attached hydrogen (secondary N) is 2. The van der Waals surface area contributed by atoms with Crippen LogP contribution in [0.3, 0.4) is 0 Å². The van der Waals surface area contributed by atoms with Crippen molar-refractivity contribution in [2.24, 2.45) is 4.99 Å². The fourth-order valence-corrected chi connectivity index (χ4v) is 2.95. The molecular formula is C18H26N6O. The monoisotopic (exact) mass is 342 g/mol. The Morgan fingerprint density at radius 1 is 1.40 bits per heavy atom. The van der Waals surface area contributed by atoms with Crippen molar-refractivity contribution in [2.75, 3.05) is 13.6 Å². The van der Waals surface area contributed by atoms with Crippen LogP contribution in [0.1, 0.15) is 25.0 Å². The van der Waals surface area contributed by atoms with E-state index in [0.717, 1.165) is 42.7 Å². The van der Waals surface area contributed by atoms with Gasteiger partial charge in [-0.05, 0) is 32.4 Å². The summed E-state index contributed by atoms with van der Waals surface area (Å²) in [5.74, 6) is 3.57. The number of hydrogen-bond acceptors (Lipinski definition) is 4. The molecular weight excluding hydrogens is 316 g/mol. The number of rotatable bonds is 5. The molecule has 0 aliphatic carbocycles. The second-order valence-corrected chi connectivity index (χ2v) is 6.33. The molecule has 1 aromatic carbocycles. The maximum atomic E-state index is 5.88. The lowest BCUT2D eigenvalue weighted by Crippen LogP contribution is -2.48. The maximum absolute atomic E-state index is 5.88. The van der Waals surface area contributed by atoms with E-state index in [0.29, 0.717) is 12.6 Å². The Balaban J connectivity index is 1.47. The van der Waals surface area contributed by atoms with Crippen molar-refractivity contribution in [3.8, 4) is 5.75 Å². The standard InChI is InChI=1S/C18H26N6O/c1-13(25-16-7-5-4-6-8-16)11-20-18(19-3)22-15-9-10-17-21-14(2)23-24(17)12-15/h4-8,13,15H,9-12H2,1-3H3,(H2,19,20,22). The lowest BCUT2D eigenvalue weighted by molar-refractivity contribution is 0.223. The Bertz CT molecular complexity index is 712. The highest BCUT2D eigenvalue weighted by Gasteiger charge is 2.21. The first-order chi connectivity index (χ1) is 12.1. The van der Waals surface area contributed by atoms with Gasteiger partial charge in [-0.3, -0.25) is 4.99 Å². The second-order valence-electron chi connectivity index (χ2n) is 6.33. The fourth-order valence-electron chi connectivity index (χ4n) is 2.95. The van der Waals surface area contributed by atoms with Crippen molar-refractivity contribution in [1.82, 2.24) is 25.4 Å². The van der Waals surface area contributed by atoms with Crippen molar-refractivity contribution in [1.29, 1.82) is 0 Å². The van der Waals surface area contributed by atoms with E-state index < -0.39 is 0 Å². The smallest absolute Gasteiger partial charge is 0.191 e. The fraction of sp³-hybridized carbons (Fsp3) is 0.500. The Morgan fingerprint density at radius 2 is 2.20 bits per heavy atom. The summed E-state index contributed by atoms with van der Waals surface area (Å²) < 4.78 is 7.87. The molecule has 0 bridgehead atoms. The molecule has 2 N–H and O–H groups in total. The van der Waals surface area contributed by atoms with E-state index in [-0.39, 0.29) is 6.10 Å². The number of guanidine groups is 1. The molecule has 0 radical (unpaired) electrons. The lowest BCUT2D eigenvalue weighted by atomic mass is 10.1. The predicted molar refractivity (Wildman–Crippen MR) is 97.9 cm³/mol. The molecule has 0 spiro atoms. The Morgan fingerprint density at radius 3 is 2.96 bits per heavy atom. The van der Waals surface area contributed by atoms with Gasteiger partial charge in [0, 0.05) is 19.5 Å². The van der Waals surface area contributed by atoms with Crippen LogP contribution < -0.4 is 15.4 Å². The van der Waals surface area contributed by atoms with E-state index in [9.17, 15) is 0 Å². The molecule has 1 aromatic heterocycles. The van der Waals surface area contributed by atoms with Crippen LogP contribution >= 0.6 is 0 Å². The van der Waals surface area contributed by atoms with Crippen molar-refractivity contribution in [2.45, 2.75) is 45.4 Å². The summed E-state index contributed by atoms with van der Waals surface area (Å²) in [6.45, 7) is 5.46. The minimum atomic E-state index is 0.0388. The average Bonchev–Trinajstić information content (AvgIpc) is 2.98. The molecule has 134 valence electrons. The van der Waals surface area contributed by atoms with Gasteiger partial charge in [0.15, 0.2) is 5.96 Å². The molecule has 0 saturated heterocycles. The molecule has 7 heteroatoms. The van der Waals surface area contributed by atoms with Crippen LogP contribution in [0, 0.1) is 6.92 Å². The average molecular weight is 342 g/mol. The van der Waals surface area contributed by atoms with Crippen LogP contribution in [0.2, 0.25) is 0 Å². The molecule has 1 aliphatic heterocycles. The Kier molecular flexibility index (Phi) is 5.53. The summed E-state index contributed by atoms with van der Waals surface area (Å²) in [6, 6.07) is 10.1. The van der Waals surface area contributed by atoms with E-state index in [1.807, 2.05) is 48.9 Å². The first-order valence-electron chi connectivity index (χ1n) is 8.73. The van der Waals surface area contributed by atoms with Crippen LogP contribution in [0.25, 0.3) is 0 Å². The van der Waals surface area contributed by atoms with Gasteiger partial charge in [-0.1, -0.05) is 18.2 Å². The number of fused-ring (bicyclic) bond motifs is 1. The van der Waals surface area contributed by atoms with E-state index in [1.165, 1.54) is 0 Å². The summed E-state index contributed by atoms with van der Waals surface area (Å²) >= 11 is 0. The van der Waals surface area contributed by atoms with Gasteiger partial charge in [0.2, 0.25) is 0 Å². The highest BCUT2D eigenvalue weighted by molar-refractivity contribution is 5.80. The van der Waals surface area contributed by atoms with Crippen LogP contribution in [0.5, 0.6) is 5.75 Å². The SMILES string of the molecule is CN=C(NCC(C)Oc1ccccc1)NC1CCc2nc(C)nn2C1. The summed E-state index contributed by atoms with van der Waals surface area (Å²) in [5.41, 5.74) is 0. The van der Waals surface area contributed by atoms with Gasteiger partial charge in [0.25, 0.3) is 0 Å². The summed E-state index contributed by atoms with van der Waals surface area (Å²) in [4.78, 5) is 8.76. The molecule has 0 amide bonds. The third-order valence-corrected chi connectivity index (χ3v) is 4.17. The van der Waals surface area contributed by atoms with Crippen LogP contribution in [-0.4, -0.2) is 46.5 Å². The van der Waals surface area contributed by atoms with Crippen molar-refractivity contribution < 1.29 is 4.74 Å². The molecule has 7 nitrogen and oxygen atoms in total. The zero-order chi connectivity index (χ0) is 17.6. The van der Waals surface area contributed by atoms with Gasteiger partial charge in [0.05, 0.1) is 13.1 Å². The number of para-hydroxylation sites is 1. The van der Waals surface area contributed by atoms with Gasteiger partial charge in [0.1, 0.15) is 23.5 Å². The summed E-state index contributed by atoms with van der Waals surface area (Å²) in [5, 5.41) is 11.2. The minimum absolute atomic E-state index is 0.0388. The number of hydrogen-bond donors (Lipinski definition) is 2. The normalized spacial score (nSPS) is 18.4. The van der Waals surface area contributed by atoms with Crippen LogP contribution in [0.15, 0.2) is 35.3 Å². The predicted octanol–water partition coefficient (Wildman–Crippen LogP) is 1.53. The van der Waals surface area contributed by atoms with E-state index >= 15 is 0 Å². The molecule has 2 heterocycles. The maximum Gasteiger partial charge on any atom is 0.191 e. The number of aromatic nitrogens is 3. The molecule has 0 fully saturated rings. The highest BCUT2D eigenvalue weighted by atomic mass is 16.5. The first-order valence-corrected chi connectivity index (χ1v) is 8.73. The molecule has 0 saturated carbocycles. The Hall–Kier alpha value is -2.57. The number of aryl methyl sites for hydroxylation is 2. The van der Waals surface area contributed by atoms with E-state index in [4.69, 9.17) is 4.74 Å². The molecule has 2 atom stereocenters. The number of ether oxygens (including phenoxy) is 1. The number of aliphatic imine (C=N–C) groups is 1. The van der Waals surface area contributed by atoms with Gasteiger partial charge < -0.3 is 15.4 Å². The zero-order valence-electron chi connectivity index (χ0n) is 15.1. The molecule has 25 heavy (non-hydrogen) atoms. The number of nitrogens with zero attached hydrogens (tertiary/aromatic N) is 4. The molecule has 2 aromatic rings. The van der Waals surface area contributed by atoms with Crippen molar-refractivity contribution in [3.05, 3.63) is 42.0 Å². The van der Waals surface area contributed by atoms with E-state index in [2.05, 4.69) is 25.7 Å². The third kappa shape index (κ3) is 4.71. The van der Waals surface area contributed by atoms with Crippen molar-refractivity contribution in [3.63, 3.8) is 0 Å². The summed E-state index contributed by atoms with van der Waals surface area (Å²) in [7, 11) is 1.78. The number of benzene rings is 1. The quantitative estimate of drug-likeness (QED) is 0.637. The second kappa shape index (κ2) is 8.00. The first kappa shape index (κ1) is 17.3. The van der Waals surface area contributed by atoms with Crippen molar-refractivity contribution >= 4 is 5.96 Å².